The van der Waals surface area contributed by atoms with Gasteiger partial charge in [0, 0.05) is 12.1 Å². The fraction of sp³-hybridized carbons (Fsp3) is 0.286. The number of rotatable bonds is 1. The lowest BCUT2D eigenvalue weighted by Gasteiger charge is -2.30. The highest BCUT2D eigenvalue weighted by Gasteiger charge is 2.36. The van der Waals surface area contributed by atoms with Crippen LogP contribution in [0.15, 0.2) is 16.9 Å². The Morgan fingerprint density at radius 2 is 2.04 bits per heavy atom. The number of piperidine rings is 1. The van der Waals surface area contributed by atoms with Gasteiger partial charge in [-0.1, -0.05) is 11.5 Å². The number of hydrogen-bond donors (Lipinski definition) is 2. The van der Waals surface area contributed by atoms with Crippen LogP contribution >= 0.6 is 0 Å². The maximum atomic E-state index is 12.9. The third kappa shape index (κ3) is 2.32. The van der Waals surface area contributed by atoms with Crippen LogP contribution in [0.4, 0.5) is 5.69 Å². The van der Waals surface area contributed by atoms with E-state index in [0.717, 1.165) is 0 Å². The molecule has 3 rings (SSSR count). The minimum absolute atomic E-state index is 0.0628. The first kappa shape index (κ1) is 15.3. The molecule has 3 N–H and O–H groups in total. The van der Waals surface area contributed by atoms with Gasteiger partial charge in [0.25, 0.3) is 5.56 Å². The molecule has 1 aliphatic heterocycles. The number of aromatic nitrogens is 2. The molecule has 2 unspecified atom stereocenters. The minimum Gasteiger partial charge on any atom is -0.398 e. The summed E-state index contributed by atoms with van der Waals surface area (Å²) in [6.45, 7) is 1.59. The Hall–Kier alpha value is -2.57. The first-order valence-corrected chi connectivity index (χ1v) is 6.97. The van der Waals surface area contributed by atoms with E-state index in [1.54, 1.807) is 19.1 Å². The fourth-order valence-electron chi connectivity index (χ4n) is 2.86. The zero-order chi connectivity index (χ0) is 16.9. The highest BCUT2D eigenvalue weighted by molar-refractivity contribution is 6.37. The average Bonchev–Trinajstić information content (AvgIpc) is 2.45. The molecular weight excluding hydrogens is 294 g/mol. The van der Waals surface area contributed by atoms with E-state index in [0.29, 0.717) is 11.3 Å². The normalized spacial score (nSPS) is 21.4. The van der Waals surface area contributed by atoms with E-state index in [2.05, 4.69) is 10.3 Å². The lowest BCUT2D eigenvalue weighted by molar-refractivity contribution is -0.135. The second kappa shape index (κ2) is 5.26. The van der Waals surface area contributed by atoms with Gasteiger partial charge in [-0.15, -0.1) is 0 Å². The third-order valence-corrected chi connectivity index (χ3v) is 3.96. The van der Waals surface area contributed by atoms with E-state index in [-0.39, 0.29) is 23.0 Å². The van der Waals surface area contributed by atoms with Crippen molar-refractivity contribution in [2.45, 2.75) is 25.2 Å². The summed E-state index contributed by atoms with van der Waals surface area (Å²) in [6.07, 6.45) is -0.0628. The molecule has 2 heterocycles. The van der Waals surface area contributed by atoms with E-state index >= 15 is 0 Å². The number of nitrogens with one attached hydrogen (secondary N) is 1. The number of amides is 2. The zero-order valence-corrected chi connectivity index (χ0v) is 12.4. The molecule has 0 aliphatic carbocycles. The maximum absolute atomic E-state index is 12.9. The molecule has 7 nitrogen and oxygen atoms in total. The summed E-state index contributed by atoms with van der Waals surface area (Å²) in [5.74, 6) is -1.63. The molecule has 1 aliphatic rings. The summed E-state index contributed by atoms with van der Waals surface area (Å²) in [6, 6.07) is 2.12. The van der Waals surface area contributed by atoms with Gasteiger partial charge in [-0.05, 0) is 18.8 Å². The number of hydrogen-bond acceptors (Lipinski definition) is 5. The van der Waals surface area contributed by atoms with Crippen molar-refractivity contribution in [3.8, 4) is 0 Å². The van der Waals surface area contributed by atoms with Crippen LogP contribution in [0.2, 0.25) is 5.82 Å². The molecule has 9 heteroatoms. The third-order valence-electron chi connectivity index (χ3n) is 3.96. The summed E-state index contributed by atoms with van der Waals surface area (Å²) in [5.41, 5.74) is 6.12. The highest BCUT2D eigenvalue weighted by atomic mass is 16.2. The van der Waals surface area contributed by atoms with Crippen LogP contribution in [0.5, 0.6) is 0 Å². The zero-order valence-electron chi connectivity index (χ0n) is 12.4. The molecule has 1 saturated heterocycles. The van der Waals surface area contributed by atoms with Gasteiger partial charge in [0.2, 0.25) is 11.8 Å². The Balaban J connectivity index is 2.30. The predicted molar refractivity (Wildman–Crippen MR) is 86.8 cm³/mol. The Morgan fingerprint density at radius 1 is 1.35 bits per heavy atom. The second-order valence-electron chi connectivity index (χ2n) is 5.52. The molecule has 1 fully saturated rings. The van der Waals surface area contributed by atoms with Gasteiger partial charge in [0.15, 0.2) is 0 Å². The Bertz CT molecular complexity index is 909. The molecule has 0 saturated carbocycles. The number of benzene rings is 1. The average molecular weight is 306 g/mol. The fourth-order valence-corrected chi connectivity index (χ4v) is 2.86. The van der Waals surface area contributed by atoms with Gasteiger partial charge < -0.3 is 5.73 Å². The summed E-state index contributed by atoms with van der Waals surface area (Å²) in [4.78, 5) is 40.7. The van der Waals surface area contributed by atoms with Crippen molar-refractivity contribution in [2.75, 3.05) is 5.73 Å². The number of carbonyl (C=O) groups is 2. The number of nitrogen functional groups attached to an aromatic ring is 1. The summed E-state index contributed by atoms with van der Waals surface area (Å²) in [5, 5.41) is 2.32. The minimum atomic E-state index is -1.03. The van der Waals surface area contributed by atoms with Gasteiger partial charge in [-0.3, -0.25) is 24.3 Å². The van der Waals surface area contributed by atoms with Crippen molar-refractivity contribution in [2.24, 2.45) is 0 Å². The van der Waals surface area contributed by atoms with Gasteiger partial charge in [0.1, 0.15) is 19.7 Å². The molecule has 0 spiro atoms. The number of carbonyl (C=O) groups excluding carboxylic acids is 2. The van der Waals surface area contributed by atoms with Crippen molar-refractivity contribution in [3.05, 3.63) is 28.3 Å². The van der Waals surface area contributed by atoms with E-state index in [1.807, 2.05) is 0 Å². The SMILES string of the molecule is [B]c1ccc2nc(C)n(C3C(=O)NC(=O)CC3[B])c(=O)c2c1N. The molecule has 1 aromatic carbocycles. The van der Waals surface area contributed by atoms with Gasteiger partial charge in [-0.2, -0.15) is 0 Å². The van der Waals surface area contributed by atoms with Crippen molar-refractivity contribution in [3.63, 3.8) is 0 Å². The van der Waals surface area contributed by atoms with Gasteiger partial charge in [-0.25, -0.2) is 4.98 Å². The van der Waals surface area contributed by atoms with Crippen molar-refractivity contribution < 1.29 is 9.59 Å². The predicted octanol–water partition coefficient (Wildman–Crippen LogP) is -1.37. The van der Waals surface area contributed by atoms with Crippen LogP contribution in [-0.2, 0) is 9.59 Å². The van der Waals surface area contributed by atoms with Gasteiger partial charge in [0.05, 0.1) is 18.7 Å². The molecule has 2 aromatic rings. The van der Waals surface area contributed by atoms with Crippen LogP contribution in [0.25, 0.3) is 10.9 Å². The van der Waals surface area contributed by atoms with Crippen molar-refractivity contribution >= 4 is 49.6 Å². The van der Waals surface area contributed by atoms with E-state index < -0.39 is 29.2 Å². The monoisotopic (exact) mass is 306 g/mol. The van der Waals surface area contributed by atoms with Crippen molar-refractivity contribution in [1.29, 1.82) is 0 Å². The van der Waals surface area contributed by atoms with Crippen molar-refractivity contribution in [1.82, 2.24) is 14.9 Å². The highest BCUT2D eigenvalue weighted by Crippen LogP contribution is 2.28. The molecule has 4 radical (unpaired) electrons. The summed E-state index contributed by atoms with van der Waals surface area (Å²) in [7, 11) is 11.7. The number of imide groups is 1. The molecule has 2 atom stereocenters. The number of aryl methyl sites for hydroxylation is 1. The lowest BCUT2D eigenvalue weighted by Crippen LogP contribution is -2.48. The first-order chi connectivity index (χ1) is 10.8. The van der Waals surface area contributed by atoms with Gasteiger partial charge >= 0.3 is 0 Å². The van der Waals surface area contributed by atoms with Crippen LogP contribution < -0.4 is 22.1 Å². The summed E-state index contributed by atoms with van der Waals surface area (Å²) < 4.78 is 1.17. The van der Waals surface area contributed by atoms with Crippen LogP contribution in [-0.4, -0.2) is 37.1 Å². The number of fused-ring (bicyclic) bond motifs is 1. The topological polar surface area (TPSA) is 107 Å². The molecule has 23 heavy (non-hydrogen) atoms. The molecule has 1 aromatic heterocycles. The summed E-state index contributed by atoms with van der Waals surface area (Å²) >= 11 is 0. The van der Waals surface area contributed by atoms with Crippen LogP contribution in [0.1, 0.15) is 18.3 Å². The Labute approximate surface area is 134 Å². The quantitative estimate of drug-likeness (QED) is 0.384. The molecule has 2 amide bonds. The smallest absolute Gasteiger partial charge is 0.264 e. The number of nitrogens with two attached hydrogens (primary N) is 1. The number of anilines is 1. The van der Waals surface area contributed by atoms with Crippen LogP contribution in [0, 0.1) is 6.92 Å². The van der Waals surface area contributed by atoms with E-state index in [4.69, 9.17) is 21.4 Å². The maximum Gasteiger partial charge on any atom is 0.264 e. The first-order valence-electron chi connectivity index (χ1n) is 6.97. The second-order valence-corrected chi connectivity index (χ2v) is 5.52. The Morgan fingerprint density at radius 3 is 2.70 bits per heavy atom. The van der Waals surface area contributed by atoms with E-state index in [9.17, 15) is 14.4 Å². The van der Waals surface area contributed by atoms with Crippen LogP contribution in [0.3, 0.4) is 0 Å². The largest absolute Gasteiger partial charge is 0.398 e. The van der Waals surface area contributed by atoms with E-state index in [1.165, 1.54) is 4.57 Å². The standard InChI is InChI=1S/C14H12B2N4O3/c1-5-18-8-3-2-6(15)11(17)10(8)14(23)20(5)12-7(16)4-9(21)19-13(12)22/h2-3,7,12H,4,17H2,1H3,(H,19,21,22). The lowest BCUT2D eigenvalue weighted by atomic mass is 9.75. The molecule has 112 valence electrons. The Kier molecular flexibility index (Phi) is 3.50. The number of nitrogens with zero attached hydrogens (tertiary/aromatic N) is 2. The molecular formula is C14H12B2N4O3. The molecule has 0 bridgehead atoms.